The normalized spacial score (nSPS) is 11.0. The highest BCUT2D eigenvalue weighted by Gasteiger charge is 2.02. The van der Waals surface area contributed by atoms with E-state index in [9.17, 15) is 0 Å². The number of nitrogens with zero attached hydrogens (tertiary/aromatic N) is 2. The Bertz CT molecular complexity index is 630. The van der Waals surface area contributed by atoms with Crippen molar-refractivity contribution in [2.75, 3.05) is 7.11 Å². The van der Waals surface area contributed by atoms with Crippen molar-refractivity contribution in [1.82, 2.24) is 15.2 Å². The van der Waals surface area contributed by atoms with E-state index in [4.69, 9.17) is 4.74 Å². The highest BCUT2D eigenvalue weighted by molar-refractivity contribution is 5.91. The van der Waals surface area contributed by atoms with Crippen LogP contribution in [0.25, 0.3) is 21.9 Å². The molecule has 3 rings (SSSR count). The number of nitrogens with one attached hydrogen (secondary N) is 1. The van der Waals surface area contributed by atoms with Crippen molar-refractivity contribution < 1.29 is 4.74 Å². The van der Waals surface area contributed by atoms with E-state index < -0.39 is 0 Å². The van der Waals surface area contributed by atoms with Gasteiger partial charge in [-0.2, -0.15) is 5.10 Å². The van der Waals surface area contributed by atoms with Crippen LogP contribution in [0.5, 0.6) is 5.75 Å². The summed E-state index contributed by atoms with van der Waals surface area (Å²) in [5, 5.41) is 8.86. The third-order valence-corrected chi connectivity index (χ3v) is 2.43. The number of hydrogen-bond acceptors (Lipinski definition) is 3. The van der Waals surface area contributed by atoms with Crippen molar-refractivity contribution in [2.45, 2.75) is 0 Å². The van der Waals surface area contributed by atoms with Crippen LogP contribution in [-0.2, 0) is 0 Å². The fourth-order valence-electron chi connectivity index (χ4n) is 1.65. The maximum atomic E-state index is 5.16. The molecular weight excluding hydrogens is 190 g/mol. The van der Waals surface area contributed by atoms with Crippen LogP contribution in [0.15, 0.2) is 30.5 Å². The number of hydrogen-bond donors (Lipinski definition) is 1. The van der Waals surface area contributed by atoms with E-state index in [0.717, 1.165) is 27.7 Å². The maximum absolute atomic E-state index is 5.16. The number of methoxy groups -OCH3 is 1. The van der Waals surface area contributed by atoms with Crippen molar-refractivity contribution in [3.63, 3.8) is 0 Å². The lowest BCUT2D eigenvalue weighted by molar-refractivity contribution is 0.415. The van der Waals surface area contributed by atoms with Crippen LogP contribution in [0.4, 0.5) is 0 Å². The van der Waals surface area contributed by atoms with Gasteiger partial charge in [0.25, 0.3) is 0 Å². The molecule has 1 N–H and O–H groups in total. The number of fused-ring (bicyclic) bond motifs is 2. The molecule has 4 heteroatoms. The summed E-state index contributed by atoms with van der Waals surface area (Å²) in [6.07, 6.45) is 1.77. The van der Waals surface area contributed by atoms with E-state index in [1.165, 1.54) is 0 Å². The van der Waals surface area contributed by atoms with Crippen LogP contribution in [-0.4, -0.2) is 22.3 Å². The summed E-state index contributed by atoms with van der Waals surface area (Å²) in [4.78, 5) is 4.44. The average molecular weight is 199 g/mol. The molecule has 74 valence electrons. The zero-order valence-corrected chi connectivity index (χ0v) is 8.19. The Hall–Kier alpha value is -2.10. The molecule has 0 aliphatic rings. The summed E-state index contributed by atoms with van der Waals surface area (Å²) in [5.41, 5.74) is 1.75. The van der Waals surface area contributed by atoms with Gasteiger partial charge in [-0.15, -0.1) is 0 Å². The van der Waals surface area contributed by atoms with Crippen molar-refractivity contribution in [3.05, 3.63) is 30.5 Å². The van der Waals surface area contributed by atoms with Crippen molar-refractivity contribution in [3.8, 4) is 5.75 Å². The van der Waals surface area contributed by atoms with Crippen molar-refractivity contribution in [2.24, 2.45) is 0 Å². The first kappa shape index (κ1) is 8.23. The molecule has 0 aliphatic carbocycles. The molecule has 15 heavy (non-hydrogen) atoms. The molecule has 2 heterocycles. The van der Waals surface area contributed by atoms with E-state index in [1.54, 1.807) is 13.3 Å². The molecule has 0 amide bonds. The lowest BCUT2D eigenvalue weighted by atomic mass is 10.2. The lowest BCUT2D eigenvalue weighted by Gasteiger charge is -2.01. The van der Waals surface area contributed by atoms with Gasteiger partial charge in [-0.05, 0) is 24.3 Å². The summed E-state index contributed by atoms with van der Waals surface area (Å²) in [5.74, 6) is 0.840. The fraction of sp³-hybridized carbons (Fsp3) is 0.0909. The second kappa shape index (κ2) is 2.95. The zero-order chi connectivity index (χ0) is 10.3. The second-order valence-electron chi connectivity index (χ2n) is 3.35. The molecule has 0 saturated carbocycles. The van der Waals surface area contributed by atoms with E-state index in [1.807, 2.05) is 24.3 Å². The quantitative estimate of drug-likeness (QED) is 0.653. The molecule has 0 bridgehead atoms. The van der Waals surface area contributed by atoms with E-state index in [2.05, 4.69) is 15.2 Å². The first-order valence-corrected chi connectivity index (χ1v) is 4.65. The fourth-order valence-corrected chi connectivity index (χ4v) is 1.65. The van der Waals surface area contributed by atoms with Gasteiger partial charge in [0.2, 0.25) is 0 Å². The van der Waals surface area contributed by atoms with Gasteiger partial charge in [0.1, 0.15) is 5.75 Å². The molecule has 4 nitrogen and oxygen atoms in total. The minimum Gasteiger partial charge on any atom is -0.497 e. The lowest BCUT2D eigenvalue weighted by Crippen LogP contribution is -1.84. The molecule has 1 aromatic carbocycles. The molecule has 0 fully saturated rings. The molecule has 0 atom stereocenters. The Balaban J connectivity index is 2.38. The number of H-pyrrole nitrogens is 1. The van der Waals surface area contributed by atoms with Gasteiger partial charge >= 0.3 is 0 Å². The smallest absolute Gasteiger partial charge is 0.155 e. The minimum atomic E-state index is 0.813. The van der Waals surface area contributed by atoms with E-state index in [0.29, 0.717) is 0 Å². The first-order chi connectivity index (χ1) is 7.36. The summed E-state index contributed by atoms with van der Waals surface area (Å²) in [6, 6.07) is 7.85. The molecule has 0 radical (unpaired) electrons. The van der Waals surface area contributed by atoms with Crippen LogP contribution in [0.2, 0.25) is 0 Å². The topological polar surface area (TPSA) is 50.8 Å². The largest absolute Gasteiger partial charge is 0.497 e. The third kappa shape index (κ3) is 1.22. The summed E-state index contributed by atoms with van der Waals surface area (Å²) in [6.45, 7) is 0. The molecule has 3 aromatic rings. The highest BCUT2D eigenvalue weighted by atomic mass is 16.5. The van der Waals surface area contributed by atoms with Gasteiger partial charge in [-0.25, -0.2) is 4.98 Å². The van der Waals surface area contributed by atoms with Crippen LogP contribution >= 0.6 is 0 Å². The molecular formula is C11H9N3O. The van der Waals surface area contributed by atoms with E-state index >= 15 is 0 Å². The Morgan fingerprint density at radius 2 is 2.13 bits per heavy atom. The number of aromatic amines is 1. The number of rotatable bonds is 1. The predicted octanol–water partition coefficient (Wildman–Crippen LogP) is 2.12. The standard InChI is InChI=1S/C11H9N3O/c1-15-9-2-3-10-7(5-9)4-8-6-12-14-11(8)13-10/h2-6H,1H3,(H,12,13,14). The number of pyridine rings is 1. The van der Waals surface area contributed by atoms with E-state index in [-0.39, 0.29) is 0 Å². The molecule has 0 unspecified atom stereocenters. The minimum absolute atomic E-state index is 0.813. The molecule has 0 saturated heterocycles. The predicted molar refractivity (Wildman–Crippen MR) is 57.9 cm³/mol. The van der Waals surface area contributed by atoms with Gasteiger partial charge < -0.3 is 4.74 Å². The van der Waals surface area contributed by atoms with Crippen LogP contribution in [0.3, 0.4) is 0 Å². The Kier molecular flexibility index (Phi) is 1.62. The van der Waals surface area contributed by atoms with Gasteiger partial charge in [0, 0.05) is 10.8 Å². The molecule has 2 aromatic heterocycles. The third-order valence-electron chi connectivity index (χ3n) is 2.43. The molecule has 0 spiro atoms. The van der Waals surface area contributed by atoms with Gasteiger partial charge in [0.05, 0.1) is 18.8 Å². The summed E-state index contributed by atoms with van der Waals surface area (Å²) in [7, 11) is 1.66. The zero-order valence-electron chi connectivity index (χ0n) is 8.19. The number of aromatic nitrogens is 3. The average Bonchev–Trinajstić information content (AvgIpc) is 2.72. The van der Waals surface area contributed by atoms with Gasteiger partial charge in [-0.3, -0.25) is 5.10 Å². The Morgan fingerprint density at radius 3 is 3.00 bits per heavy atom. The SMILES string of the molecule is COc1ccc2nc3[nH]ncc3cc2c1. The van der Waals surface area contributed by atoms with Crippen LogP contribution in [0.1, 0.15) is 0 Å². The van der Waals surface area contributed by atoms with Gasteiger partial charge in [-0.1, -0.05) is 0 Å². The number of benzene rings is 1. The monoisotopic (exact) mass is 199 g/mol. The Labute approximate surface area is 85.9 Å². The first-order valence-electron chi connectivity index (χ1n) is 4.65. The van der Waals surface area contributed by atoms with Gasteiger partial charge in [0.15, 0.2) is 5.65 Å². The van der Waals surface area contributed by atoms with Crippen LogP contribution in [0, 0.1) is 0 Å². The second-order valence-corrected chi connectivity index (χ2v) is 3.35. The summed E-state index contributed by atoms with van der Waals surface area (Å²) < 4.78 is 5.16. The highest BCUT2D eigenvalue weighted by Crippen LogP contribution is 2.22. The maximum Gasteiger partial charge on any atom is 0.155 e. The number of ether oxygens (including phenoxy) is 1. The van der Waals surface area contributed by atoms with Crippen molar-refractivity contribution in [1.29, 1.82) is 0 Å². The Morgan fingerprint density at radius 1 is 1.20 bits per heavy atom. The van der Waals surface area contributed by atoms with Crippen molar-refractivity contribution >= 4 is 21.9 Å². The molecule has 0 aliphatic heterocycles. The van der Waals surface area contributed by atoms with Crippen LogP contribution < -0.4 is 4.74 Å². The summed E-state index contributed by atoms with van der Waals surface area (Å²) >= 11 is 0.